The summed E-state index contributed by atoms with van der Waals surface area (Å²) in [6.07, 6.45) is 0.0782. The smallest absolute Gasteiger partial charge is 0.222 e. The topological polar surface area (TPSA) is 64.3 Å². The van der Waals surface area contributed by atoms with E-state index >= 15 is 0 Å². The first-order chi connectivity index (χ1) is 9.39. The lowest BCUT2D eigenvalue weighted by Crippen LogP contribution is -2.39. The molecule has 1 amide bonds. The van der Waals surface area contributed by atoms with Crippen LogP contribution in [0, 0.1) is 0 Å². The summed E-state index contributed by atoms with van der Waals surface area (Å²) in [6.45, 7) is 5.13. The monoisotopic (exact) mass is 342 g/mol. The van der Waals surface area contributed by atoms with Gasteiger partial charge in [-0.2, -0.15) is 0 Å². The number of nitrogens with one attached hydrogen (secondary N) is 1. The Hall–Kier alpha value is -0.910. The Kier molecular flexibility index (Phi) is 6.65. The predicted molar refractivity (Wildman–Crippen MR) is 84.6 cm³/mol. The van der Waals surface area contributed by atoms with E-state index in [1.165, 1.54) is 5.56 Å². The van der Waals surface area contributed by atoms with Gasteiger partial charge in [0.05, 0.1) is 12.5 Å². The van der Waals surface area contributed by atoms with Crippen molar-refractivity contribution in [3.63, 3.8) is 0 Å². The van der Waals surface area contributed by atoms with Crippen LogP contribution in [0.5, 0.6) is 0 Å². The maximum Gasteiger partial charge on any atom is 0.222 e. The molecule has 3 N–H and O–H groups in total. The van der Waals surface area contributed by atoms with Gasteiger partial charge in [-0.1, -0.05) is 41.9 Å². The van der Waals surface area contributed by atoms with Gasteiger partial charge in [-0.15, -0.1) is 0 Å². The van der Waals surface area contributed by atoms with E-state index in [1.54, 1.807) is 7.11 Å². The van der Waals surface area contributed by atoms with Gasteiger partial charge in [-0.3, -0.25) is 4.79 Å². The van der Waals surface area contributed by atoms with E-state index < -0.39 is 0 Å². The number of methoxy groups -OCH3 is 1. The van der Waals surface area contributed by atoms with Crippen molar-refractivity contribution < 1.29 is 9.53 Å². The Bertz CT molecular complexity index is 428. The molecule has 4 nitrogen and oxygen atoms in total. The summed E-state index contributed by atoms with van der Waals surface area (Å²) in [6, 6.07) is 8.14. The van der Waals surface area contributed by atoms with Crippen molar-refractivity contribution in [2.24, 2.45) is 5.73 Å². The molecule has 1 aromatic carbocycles. The van der Waals surface area contributed by atoms with E-state index in [4.69, 9.17) is 10.5 Å². The Morgan fingerprint density at radius 1 is 1.40 bits per heavy atom. The molecule has 0 fully saturated rings. The second-order valence-electron chi connectivity index (χ2n) is 5.47. The molecule has 20 heavy (non-hydrogen) atoms. The number of rotatable bonds is 7. The van der Waals surface area contributed by atoms with Crippen LogP contribution in [0.1, 0.15) is 25.8 Å². The highest BCUT2D eigenvalue weighted by Gasteiger charge is 2.22. The minimum atomic E-state index is -0.217. The Balaban J connectivity index is 2.54. The van der Waals surface area contributed by atoms with Crippen LogP contribution in [-0.2, 0) is 14.9 Å². The van der Waals surface area contributed by atoms with Gasteiger partial charge in [0.2, 0.25) is 5.91 Å². The maximum atomic E-state index is 11.8. The Labute approximate surface area is 129 Å². The minimum Gasteiger partial charge on any atom is -0.380 e. The van der Waals surface area contributed by atoms with Gasteiger partial charge >= 0.3 is 0 Å². The number of halogens is 1. The first-order valence-corrected chi connectivity index (χ1v) is 7.44. The third-order valence-electron chi connectivity index (χ3n) is 3.36. The maximum absolute atomic E-state index is 11.8. The third-order valence-corrected chi connectivity index (χ3v) is 3.89. The SMILES string of the molecule is COC(CN)CC(=O)NCC(C)(C)c1ccc(Br)cc1. The van der Waals surface area contributed by atoms with E-state index in [-0.39, 0.29) is 17.4 Å². The highest BCUT2D eigenvalue weighted by atomic mass is 79.9. The van der Waals surface area contributed by atoms with Gasteiger partial charge in [0, 0.05) is 30.1 Å². The van der Waals surface area contributed by atoms with Crippen LogP contribution in [0.25, 0.3) is 0 Å². The van der Waals surface area contributed by atoms with Gasteiger partial charge in [-0.25, -0.2) is 0 Å². The molecule has 1 atom stereocenters. The fraction of sp³-hybridized carbons (Fsp3) is 0.533. The molecule has 0 aliphatic carbocycles. The van der Waals surface area contributed by atoms with Crippen LogP contribution < -0.4 is 11.1 Å². The Morgan fingerprint density at radius 3 is 2.50 bits per heavy atom. The average molecular weight is 343 g/mol. The summed E-state index contributed by atoms with van der Waals surface area (Å²) >= 11 is 3.42. The van der Waals surface area contributed by atoms with Crippen molar-refractivity contribution in [3.8, 4) is 0 Å². The van der Waals surface area contributed by atoms with E-state index in [1.807, 2.05) is 12.1 Å². The summed E-state index contributed by atoms with van der Waals surface area (Å²) in [5.74, 6) is -0.0347. The second kappa shape index (κ2) is 7.76. The number of benzene rings is 1. The molecule has 1 aromatic rings. The molecule has 0 aliphatic rings. The molecule has 0 radical (unpaired) electrons. The zero-order valence-corrected chi connectivity index (χ0v) is 13.9. The first kappa shape index (κ1) is 17.1. The molecule has 0 aromatic heterocycles. The lowest BCUT2D eigenvalue weighted by molar-refractivity contribution is -0.123. The average Bonchev–Trinajstić information content (AvgIpc) is 2.43. The molecule has 1 rings (SSSR count). The number of amides is 1. The molecule has 1 unspecified atom stereocenters. The number of ether oxygens (including phenoxy) is 1. The van der Waals surface area contributed by atoms with Crippen molar-refractivity contribution in [3.05, 3.63) is 34.3 Å². The molecule has 112 valence electrons. The number of nitrogens with two attached hydrogens (primary N) is 1. The quantitative estimate of drug-likeness (QED) is 0.798. The van der Waals surface area contributed by atoms with E-state index in [0.29, 0.717) is 19.5 Å². The van der Waals surface area contributed by atoms with Crippen LogP contribution in [0.3, 0.4) is 0 Å². The van der Waals surface area contributed by atoms with Gasteiger partial charge in [0.15, 0.2) is 0 Å². The lowest BCUT2D eigenvalue weighted by atomic mass is 9.84. The zero-order valence-electron chi connectivity index (χ0n) is 12.3. The zero-order chi connectivity index (χ0) is 15.2. The first-order valence-electron chi connectivity index (χ1n) is 6.64. The van der Waals surface area contributed by atoms with E-state index in [0.717, 1.165) is 4.47 Å². The molecular formula is C15H23BrN2O2. The van der Waals surface area contributed by atoms with Gasteiger partial charge < -0.3 is 15.8 Å². The third kappa shape index (κ3) is 5.23. The van der Waals surface area contributed by atoms with Crippen molar-refractivity contribution in [1.29, 1.82) is 0 Å². The fourth-order valence-corrected chi connectivity index (χ4v) is 2.13. The standard InChI is InChI=1S/C15H23BrN2O2/c1-15(2,11-4-6-12(16)7-5-11)10-18-14(19)8-13(9-17)20-3/h4-7,13H,8-10,17H2,1-3H3,(H,18,19). The predicted octanol–water partition coefficient (Wildman–Crippen LogP) is 2.21. The molecule has 0 saturated carbocycles. The summed E-state index contributed by atoms with van der Waals surface area (Å²) < 4.78 is 6.16. The molecule has 5 heteroatoms. The summed E-state index contributed by atoms with van der Waals surface area (Å²) in [7, 11) is 1.57. The van der Waals surface area contributed by atoms with Crippen LogP contribution in [0.15, 0.2) is 28.7 Å². The number of carbonyl (C=O) groups is 1. The van der Waals surface area contributed by atoms with Crippen LogP contribution in [0.2, 0.25) is 0 Å². The van der Waals surface area contributed by atoms with Crippen molar-refractivity contribution >= 4 is 21.8 Å². The van der Waals surface area contributed by atoms with Crippen molar-refractivity contribution in [2.45, 2.75) is 31.8 Å². The summed E-state index contributed by atoms with van der Waals surface area (Å²) in [5.41, 5.74) is 6.57. The number of hydrogen-bond donors (Lipinski definition) is 2. The molecule has 0 saturated heterocycles. The summed E-state index contributed by atoms with van der Waals surface area (Å²) in [4.78, 5) is 11.8. The van der Waals surface area contributed by atoms with Crippen molar-refractivity contribution in [1.82, 2.24) is 5.32 Å². The highest BCUT2D eigenvalue weighted by Crippen LogP contribution is 2.24. The number of hydrogen-bond acceptors (Lipinski definition) is 3. The molecule has 0 heterocycles. The van der Waals surface area contributed by atoms with Crippen molar-refractivity contribution in [2.75, 3.05) is 20.2 Å². The van der Waals surface area contributed by atoms with Crippen LogP contribution in [-0.4, -0.2) is 32.2 Å². The lowest BCUT2D eigenvalue weighted by Gasteiger charge is -2.26. The summed E-state index contributed by atoms with van der Waals surface area (Å²) in [5, 5.41) is 2.95. The normalized spacial score (nSPS) is 13.1. The molecule has 0 bridgehead atoms. The second-order valence-corrected chi connectivity index (χ2v) is 6.38. The largest absolute Gasteiger partial charge is 0.380 e. The minimum absolute atomic E-state index is 0.0347. The molecular weight excluding hydrogens is 320 g/mol. The van der Waals surface area contributed by atoms with Crippen LogP contribution in [0.4, 0.5) is 0 Å². The molecule has 0 aliphatic heterocycles. The molecule has 0 spiro atoms. The number of carbonyl (C=O) groups excluding carboxylic acids is 1. The van der Waals surface area contributed by atoms with Gasteiger partial charge in [0.25, 0.3) is 0 Å². The Morgan fingerprint density at radius 2 is 2.00 bits per heavy atom. The van der Waals surface area contributed by atoms with Gasteiger partial charge in [-0.05, 0) is 17.7 Å². The highest BCUT2D eigenvalue weighted by molar-refractivity contribution is 9.10. The van der Waals surface area contributed by atoms with Gasteiger partial charge in [0.1, 0.15) is 0 Å². The van der Waals surface area contributed by atoms with E-state index in [2.05, 4.69) is 47.2 Å². The fourth-order valence-electron chi connectivity index (χ4n) is 1.86. The van der Waals surface area contributed by atoms with E-state index in [9.17, 15) is 4.79 Å². The van der Waals surface area contributed by atoms with Crippen LogP contribution >= 0.6 is 15.9 Å².